The quantitative estimate of drug-likeness (QED) is 0.769. The summed E-state index contributed by atoms with van der Waals surface area (Å²) in [6.07, 6.45) is 0.896. The number of rotatable bonds is 2. The van der Waals surface area contributed by atoms with E-state index in [-0.39, 0.29) is 6.10 Å². The zero-order chi connectivity index (χ0) is 11.7. The zero-order valence-electron chi connectivity index (χ0n) is 8.48. The van der Waals surface area contributed by atoms with Crippen LogP contribution in [-0.2, 0) is 0 Å². The Bertz CT molecular complexity index is 456. The summed E-state index contributed by atoms with van der Waals surface area (Å²) in [6.45, 7) is 0. The van der Waals surface area contributed by atoms with Crippen molar-refractivity contribution in [2.75, 3.05) is 5.73 Å². The number of aliphatic hydroxyl groups excluding tert-OH is 1. The van der Waals surface area contributed by atoms with Crippen molar-refractivity contribution in [1.29, 1.82) is 5.26 Å². The standard InChI is InChI=1S/C11H11ClN2O2/c12-7-4-11(8(14)3-6(7)5-13)16-10-2-1-9(10)15/h3-4,9-10,15H,1-2,14H2. The first kappa shape index (κ1) is 11.1. The molecular weight excluding hydrogens is 228 g/mol. The van der Waals surface area contributed by atoms with Crippen LogP contribution in [0.1, 0.15) is 18.4 Å². The van der Waals surface area contributed by atoms with Gasteiger partial charge in [0.1, 0.15) is 17.9 Å². The maximum atomic E-state index is 9.38. The monoisotopic (exact) mass is 238 g/mol. The summed E-state index contributed by atoms with van der Waals surface area (Å²) in [5.74, 6) is 0.424. The summed E-state index contributed by atoms with van der Waals surface area (Å²) in [4.78, 5) is 0. The lowest BCUT2D eigenvalue weighted by Gasteiger charge is -2.32. The summed E-state index contributed by atoms with van der Waals surface area (Å²) in [6, 6.07) is 4.93. The van der Waals surface area contributed by atoms with Crippen LogP contribution in [0.4, 0.5) is 5.69 Å². The number of nitrogen functional groups attached to an aromatic ring is 1. The zero-order valence-corrected chi connectivity index (χ0v) is 9.24. The largest absolute Gasteiger partial charge is 0.486 e. The lowest BCUT2D eigenvalue weighted by Crippen LogP contribution is -2.41. The van der Waals surface area contributed by atoms with Crippen molar-refractivity contribution in [2.24, 2.45) is 0 Å². The highest BCUT2D eigenvalue weighted by Crippen LogP contribution is 2.33. The highest BCUT2D eigenvalue weighted by molar-refractivity contribution is 6.32. The molecule has 4 nitrogen and oxygen atoms in total. The first-order chi connectivity index (χ1) is 7.61. The van der Waals surface area contributed by atoms with Gasteiger partial charge in [0, 0.05) is 6.07 Å². The molecule has 84 valence electrons. The molecule has 1 aliphatic rings. The fourth-order valence-corrected chi connectivity index (χ4v) is 1.71. The van der Waals surface area contributed by atoms with Crippen molar-refractivity contribution < 1.29 is 9.84 Å². The minimum Gasteiger partial charge on any atom is -0.486 e. The van der Waals surface area contributed by atoms with Gasteiger partial charge in [0.25, 0.3) is 0 Å². The van der Waals surface area contributed by atoms with Crippen LogP contribution in [0, 0.1) is 11.3 Å². The van der Waals surface area contributed by atoms with Crippen LogP contribution >= 0.6 is 11.6 Å². The van der Waals surface area contributed by atoms with Crippen LogP contribution in [0.25, 0.3) is 0 Å². The molecule has 0 bridgehead atoms. The Hall–Kier alpha value is -1.44. The SMILES string of the molecule is N#Cc1cc(N)c(OC2CCC2O)cc1Cl. The number of hydrogen-bond acceptors (Lipinski definition) is 4. The molecule has 0 aromatic heterocycles. The predicted molar refractivity (Wildman–Crippen MR) is 60.2 cm³/mol. The van der Waals surface area contributed by atoms with Gasteiger partial charge in [-0.1, -0.05) is 11.6 Å². The third kappa shape index (κ3) is 1.92. The first-order valence-corrected chi connectivity index (χ1v) is 5.33. The first-order valence-electron chi connectivity index (χ1n) is 4.95. The number of nitrogens with two attached hydrogens (primary N) is 1. The molecule has 2 unspecified atom stereocenters. The Morgan fingerprint density at radius 2 is 2.25 bits per heavy atom. The van der Waals surface area contributed by atoms with Gasteiger partial charge in [0.2, 0.25) is 0 Å². The minimum atomic E-state index is -0.436. The van der Waals surface area contributed by atoms with E-state index in [2.05, 4.69) is 0 Å². The number of hydrogen-bond donors (Lipinski definition) is 2. The van der Waals surface area contributed by atoms with Crippen LogP contribution in [0.3, 0.4) is 0 Å². The smallest absolute Gasteiger partial charge is 0.144 e. The van der Waals surface area contributed by atoms with Gasteiger partial charge in [0.15, 0.2) is 0 Å². The minimum absolute atomic E-state index is 0.216. The number of nitriles is 1. The molecule has 2 rings (SSSR count). The lowest BCUT2D eigenvalue weighted by atomic mass is 9.92. The van der Waals surface area contributed by atoms with Gasteiger partial charge in [-0.3, -0.25) is 0 Å². The molecule has 0 aliphatic heterocycles. The molecular formula is C11H11ClN2O2. The normalized spacial score (nSPS) is 23.3. The predicted octanol–water partition coefficient (Wildman–Crippen LogP) is 1.70. The van der Waals surface area contributed by atoms with E-state index in [1.807, 2.05) is 6.07 Å². The van der Waals surface area contributed by atoms with Crippen molar-refractivity contribution in [1.82, 2.24) is 0 Å². The Kier molecular flexibility index (Phi) is 2.90. The molecule has 1 aromatic rings. The number of nitrogens with zero attached hydrogens (tertiary/aromatic N) is 1. The Morgan fingerprint density at radius 1 is 1.50 bits per heavy atom. The van der Waals surface area contributed by atoms with E-state index in [4.69, 9.17) is 27.3 Å². The van der Waals surface area contributed by atoms with Crippen molar-refractivity contribution >= 4 is 17.3 Å². The van der Waals surface area contributed by atoms with Crippen LogP contribution in [-0.4, -0.2) is 17.3 Å². The second-order valence-corrected chi connectivity index (χ2v) is 4.19. The summed E-state index contributed by atoms with van der Waals surface area (Å²) >= 11 is 5.86. The van der Waals surface area contributed by atoms with Crippen LogP contribution in [0.2, 0.25) is 5.02 Å². The van der Waals surface area contributed by atoms with Gasteiger partial charge in [0.05, 0.1) is 22.4 Å². The van der Waals surface area contributed by atoms with E-state index in [1.54, 1.807) is 0 Å². The van der Waals surface area contributed by atoms with Crippen molar-refractivity contribution in [3.05, 3.63) is 22.7 Å². The van der Waals surface area contributed by atoms with Crippen LogP contribution in [0.15, 0.2) is 12.1 Å². The van der Waals surface area contributed by atoms with Crippen LogP contribution < -0.4 is 10.5 Å². The number of halogens is 1. The molecule has 3 N–H and O–H groups in total. The van der Waals surface area contributed by atoms with Gasteiger partial charge >= 0.3 is 0 Å². The molecule has 5 heteroatoms. The van der Waals surface area contributed by atoms with E-state index in [9.17, 15) is 5.11 Å². The molecule has 1 saturated carbocycles. The summed E-state index contributed by atoms with van der Waals surface area (Å²) < 4.78 is 5.50. The van der Waals surface area contributed by atoms with Crippen molar-refractivity contribution in [3.63, 3.8) is 0 Å². The highest BCUT2D eigenvalue weighted by Gasteiger charge is 2.31. The maximum Gasteiger partial charge on any atom is 0.144 e. The van der Waals surface area contributed by atoms with Gasteiger partial charge in [-0.15, -0.1) is 0 Å². The number of anilines is 1. The Balaban J connectivity index is 2.22. The Labute approximate surface area is 98.2 Å². The molecule has 0 heterocycles. The number of ether oxygens (including phenoxy) is 1. The molecule has 1 aliphatic carbocycles. The summed E-state index contributed by atoms with van der Waals surface area (Å²) in [7, 11) is 0. The van der Waals surface area contributed by atoms with Gasteiger partial charge < -0.3 is 15.6 Å². The second-order valence-electron chi connectivity index (χ2n) is 3.78. The summed E-state index contributed by atoms with van der Waals surface area (Å²) in [5, 5.41) is 18.4. The fourth-order valence-electron chi connectivity index (χ4n) is 1.51. The van der Waals surface area contributed by atoms with Gasteiger partial charge in [-0.2, -0.15) is 5.26 Å². The number of benzene rings is 1. The average Bonchev–Trinajstić information content (AvgIpc) is 2.27. The molecule has 16 heavy (non-hydrogen) atoms. The second kappa shape index (κ2) is 4.20. The average molecular weight is 239 g/mol. The third-order valence-corrected chi connectivity index (χ3v) is 2.99. The van der Waals surface area contributed by atoms with E-state index in [0.29, 0.717) is 22.0 Å². The Morgan fingerprint density at radius 3 is 2.75 bits per heavy atom. The molecule has 2 atom stereocenters. The van der Waals surface area contributed by atoms with Crippen LogP contribution in [0.5, 0.6) is 5.75 Å². The van der Waals surface area contributed by atoms with E-state index < -0.39 is 6.10 Å². The molecule has 1 fully saturated rings. The number of aliphatic hydroxyl groups is 1. The van der Waals surface area contributed by atoms with Gasteiger partial charge in [-0.05, 0) is 18.9 Å². The molecule has 0 amide bonds. The third-order valence-electron chi connectivity index (χ3n) is 2.67. The topological polar surface area (TPSA) is 79.3 Å². The molecule has 0 radical (unpaired) electrons. The maximum absolute atomic E-state index is 9.38. The van der Waals surface area contributed by atoms with E-state index in [0.717, 1.165) is 12.8 Å². The fraction of sp³-hybridized carbons (Fsp3) is 0.364. The lowest BCUT2D eigenvalue weighted by molar-refractivity contribution is -0.0357. The van der Waals surface area contributed by atoms with Crippen molar-refractivity contribution in [2.45, 2.75) is 25.0 Å². The van der Waals surface area contributed by atoms with Crippen molar-refractivity contribution in [3.8, 4) is 11.8 Å². The molecule has 0 saturated heterocycles. The van der Waals surface area contributed by atoms with E-state index >= 15 is 0 Å². The van der Waals surface area contributed by atoms with Gasteiger partial charge in [-0.25, -0.2) is 0 Å². The highest BCUT2D eigenvalue weighted by atomic mass is 35.5. The molecule has 0 spiro atoms. The molecule has 1 aromatic carbocycles. The summed E-state index contributed by atoms with van der Waals surface area (Å²) in [5.41, 5.74) is 6.40. The van der Waals surface area contributed by atoms with E-state index in [1.165, 1.54) is 12.1 Å².